The van der Waals surface area contributed by atoms with Crippen LogP contribution in [0.3, 0.4) is 0 Å². The first-order chi connectivity index (χ1) is 7.40. The van der Waals surface area contributed by atoms with Crippen molar-refractivity contribution >= 4 is 0 Å². The smallest absolute Gasteiger partial charge is 0.314 e. The molecular weight excluding hydrogens is 217 g/mol. The maximum atomic E-state index is 12.2. The second-order valence-corrected chi connectivity index (χ2v) is 4.73. The Kier molecular flexibility index (Phi) is 5.05. The number of nitrogens with one attached hydrogen (secondary N) is 1. The summed E-state index contributed by atoms with van der Waals surface area (Å²) >= 11 is 0. The van der Waals surface area contributed by atoms with E-state index in [9.17, 15) is 13.2 Å². The van der Waals surface area contributed by atoms with E-state index in [0.717, 1.165) is 6.54 Å². The van der Waals surface area contributed by atoms with Crippen molar-refractivity contribution in [2.75, 3.05) is 26.2 Å². The molecule has 1 unspecified atom stereocenters. The number of alkyl halides is 3. The third kappa shape index (κ3) is 6.33. The summed E-state index contributed by atoms with van der Waals surface area (Å²) in [5.41, 5.74) is 0. The topological polar surface area (TPSA) is 15.3 Å². The summed E-state index contributed by atoms with van der Waals surface area (Å²) in [4.78, 5) is 1.46. The molecule has 1 atom stereocenters. The van der Waals surface area contributed by atoms with Crippen LogP contribution in [-0.4, -0.2) is 43.3 Å². The fourth-order valence-electron chi connectivity index (χ4n) is 1.72. The molecule has 0 aromatic heterocycles. The lowest BCUT2D eigenvalue weighted by Crippen LogP contribution is -2.39. The molecule has 0 radical (unpaired) electrons. The van der Waals surface area contributed by atoms with Gasteiger partial charge in [-0.2, -0.15) is 13.2 Å². The molecule has 1 aliphatic rings. The van der Waals surface area contributed by atoms with Crippen molar-refractivity contribution < 1.29 is 13.2 Å². The van der Waals surface area contributed by atoms with Gasteiger partial charge in [-0.3, -0.25) is 4.90 Å². The summed E-state index contributed by atoms with van der Waals surface area (Å²) in [6, 6.07) is 0.625. The normalized spacial score (nSPS) is 19.1. The Morgan fingerprint density at radius 3 is 2.44 bits per heavy atom. The predicted molar refractivity (Wildman–Crippen MR) is 58.4 cm³/mol. The maximum Gasteiger partial charge on any atom is 0.401 e. The lowest BCUT2D eigenvalue weighted by molar-refractivity contribution is -0.146. The first kappa shape index (κ1) is 13.8. The molecule has 0 bridgehead atoms. The van der Waals surface area contributed by atoms with E-state index >= 15 is 0 Å². The highest BCUT2D eigenvalue weighted by Gasteiger charge is 2.30. The van der Waals surface area contributed by atoms with Crippen LogP contribution in [0.1, 0.15) is 26.7 Å². The zero-order chi connectivity index (χ0) is 12.2. The van der Waals surface area contributed by atoms with Crippen molar-refractivity contribution in [1.82, 2.24) is 10.2 Å². The maximum absolute atomic E-state index is 12.2. The zero-order valence-corrected chi connectivity index (χ0v) is 9.98. The van der Waals surface area contributed by atoms with E-state index in [2.05, 4.69) is 5.32 Å². The van der Waals surface area contributed by atoms with Gasteiger partial charge in [0.2, 0.25) is 0 Å². The van der Waals surface area contributed by atoms with E-state index in [0.29, 0.717) is 19.1 Å². The highest BCUT2D eigenvalue weighted by molar-refractivity contribution is 4.81. The Morgan fingerprint density at radius 1 is 1.38 bits per heavy atom. The Labute approximate surface area is 95.2 Å². The van der Waals surface area contributed by atoms with Crippen molar-refractivity contribution in [3.63, 3.8) is 0 Å². The third-order valence-corrected chi connectivity index (χ3v) is 2.75. The van der Waals surface area contributed by atoms with Crippen molar-refractivity contribution in [1.29, 1.82) is 0 Å². The van der Waals surface area contributed by atoms with Crippen LogP contribution in [0.2, 0.25) is 0 Å². The van der Waals surface area contributed by atoms with Crippen LogP contribution in [0.15, 0.2) is 0 Å². The molecule has 0 spiro atoms. The molecule has 2 nitrogen and oxygen atoms in total. The van der Waals surface area contributed by atoms with Gasteiger partial charge in [-0.15, -0.1) is 0 Å². The van der Waals surface area contributed by atoms with E-state index in [1.165, 1.54) is 17.7 Å². The summed E-state index contributed by atoms with van der Waals surface area (Å²) in [5, 5.41) is 3.34. The van der Waals surface area contributed by atoms with Crippen molar-refractivity contribution in [3.05, 3.63) is 0 Å². The van der Waals surface area contributed by atoms with E-state index in [-0.39, 0.29) is 5.92 Å². The fourth-order valence-corrected chi connectivity index (χ4v) is 1.72. The molecule has 0 aromatic rings. The zero-order valence-electron chi connectivity index (χ0n) is 9.98. The summed E-state index contributed by atoms with van der Waals surface area (Å²) in [5.74, 6) is 0.267. The number of rotatable bonds is 7. The molecule has 0 aliphatic heterocycles. The van der Waals surface area contributed by atoms with Gasteiger partial charge in [0.05, 0.1) is 6.54 Å². The molecule has 16 heavy (non-hydrogen) atoms. The molecule has 1 N–H and O–H groups in total. The highest BCUT2D eigenvalue weighted by atomic mass is 19.4. The molecule has 5 heteroatoms. The summed E-state index contributed by atoms with van der Waals surface area (Å²) in [6.07, 6.45) is -1.65. The van der Waals surface area contributed by atoms with E-state index in [1.807, 2.05) is 6.92 Å². The van der Waals surface area contributed by atoms with E-state index in [4.69, 9.17) is 0 Å². The standard InChI is InChI=1S/C11H21F3N2/c1-3-16(8-11(12,13)14)7-9(2)6-15-10-4-5-10/h9-10,15H,3-8H2,1-2H3. The SMILES string of the molecule is CCN(CC(C)CNC1CC1)CC(F)(F)F. The van der Waals surface area contributed by atoms with Crippen LogP contribution in [0.25, 0.3) is 0 Å². The monoisotopic (exact) mass is 238 g/mol. The summed E-state index contributed by atoms with van der Waals surface area (Å²) < 4.78 is 36.6. The minimum Gasteiger partial charge on any atom is -0.314 e. The minimum absolute atomic E-state index is 0.267. The lowest BCUT2D eigenvalue weighted by atomic mass is 10.1. The third-order valence-electron chi connectivity index (χ3n) is 2.75. The average Bonchev–Trinajstić information content (AvgIpc) is 2.95. The average molecular weight is 238 g/mol. The van der Waals surface area contributed by atoms with Gasteiger partial charge in [0.15, 0.2) is 0 Å². The van der Waals surface area contributed by atoms with Crippen LogP contribution in [0.4, 0.5) is 13.2 Å². The summed E-state index contributed by atoms with van der Waals surface area (Å²) in [7, 11) is 0. The van der Waals surface area contributed by atoms with Crippen LogP contribution in [0.5, 0.6) is 0 Å². The second kappa shape index (κ2) is 5.87. The number of hydrogen-bond donors (Lipinski definition) is 1. The molecule has 1 rings (SSSR count). The molecule has 1 saturated carbocycles. The molecule has 1 fully saturated rings. The fraction of sp³-hybridized carbons (Fsp3) is 1.00. The highest BCUT2D eigenvalue weighted by Crippen LogP contribution is 2.19. The van der Waals surface area contributed by atoms with Gasteiger partial charge in [-0.25, -0.2) is 0 Å². The van der Waals surface area contributed by atoms with Gasteiger partial charge in [0, 0.05) is 12.6 Å². The van der Waals surface area contributed by atoms with Gasteiger partial charge in [0.25, 0.3) is 0 Å². The number of nitrogens with zero attached hydrogens (tertiary/aromatic N) is 1. The molecule has 0 aromatic carbocycles. The minimum atomic E-state index is -4.08. The first-order valence-electron chi connectivity index (χ1n) is 5.93. The molecule has 96 valence electrons. The molecule has 0 amide bonds. The Balaban J connectivity index is 2.19. The van der Waals surface area contributed by atoms with E-state index in [1.54, 1.807) is 6.92 Å². The molecule has 1 aliphatic carbocycles. The first-order valence-corrected chi connectivity index (χ1v) is 5.93. The van der Waals surface area contributed by atoms with Gasteiger partial charge in [-0.05, 0) is 31.8 Å². The van der Waals surface area contributed by atoms with E-state index < -0.39 is 12.7 Å². The molecule has 0 saturated heterocycles. The largest absolute Gasteiger partial charge is 0.401 e. The molecule has 0 heterocycles. The van der Waals surface area contributed by atoms with Crippen LogP contribution < -0.4 is 5.32 Å². The van der Waals surface area contributed by atoms with Crippen LogP contribution in [0, 0.1) is 5.92 Å². The van der Waals surface area contributed by atoms with Crippen LogP contribution in [-0.2, 0) is 0 Å². The number of hydrogen-bond acceptors (Lipinski definition) is 2. The predicted octanol–water partition coefficient (Wildman–Crippen LogP) is 2.26. The van der Waals surface area contributed by atoms with Crippen molar-refractivity contribution in [2.24, 2.45) is 5.92 Å². The van der Waals surface area contributed by atoms with Gasteiger partial charge in [-0.1, -0.05) is 13.8 Å². The van der Waals surface area contributed by atoms with Gasteiger partial charge < -0.3 is 5.32 Å². The quantitative estimate of drug-likeness (QED) is 0.732. The molecular formula is C11H21F3N2. The number of halogens is 3. The second-order valence-electron chi connectivity index (χ2n) is 4.73. The van der Waals surface area contributed by atoms with Crippen LogP contribution >= 0.6 is 0 Å². The van der Waals surface area contributed by atoms with Crippen molar-refractivity contribution in [2.45, 2.75) is 38.9 Å². The summed E-state index contributed by atoms with van der Waals surface area (Å²) in [6.45, 7) is 4.75. The Hall–Kier alpha value is -0.290. The van der Waals surface area contributed by atoms with Gasteiger partial charge in [0.1, 0.15) is 0 Å². The Morgan fingerprint density at radius 2 is 2.00 bits per heavy atom. The lowest BCUT2D eigenvalue weighted by Gasteiger charge is -2.25. The van der Waals surface area contributed by atoms with Crippen molar-refractivity contribution in [3.8, 4) is 0 Å². The Bertz CT molecular complexity index is 202. The van der Waals surface area contributed by atoms with Gasteiger partial charge >= 0.3 is 6.18 Å².